The Labute approximate surface area is 116 Å². The highest BCUT2D eigenvalue weighted by Crippen LogP contribution is 2.60. The molecule has 0 aromatic carbocycles. The first-order valence-electron chi connectivity index (χ1n) is 4.56. The largest absolute Gasteiger partial charge is 0.448 e. The summed E-state index contributed by atoms with van der Waals surface area (Å²) in [5.41, 5.74) is -12.1. The van der Waals surface area contributed by atoms with Crippen molar-refractivity contribution >= 4 is 16.8 Å². The summed E-state index contributed by atoms with van der Waals surface area (Å²) < 4.78 is 152. The zero-order valence-electron chi connectivity index (χ0n) is 9.27. The van der Waals surface area contributed by atoms with Crippen molar-refractivity contribution in [3.63, 3.8) is 0 Å². The van der Waals surface area contributed by atoms with Gasteiger partial charge in [0, 0.05) is 0 Å². The lowest BCUT2D eigenvalue weighted by Gasteiger charge is -2.37. The van der Waals surface area contributed by atoms with E-state index in [1.54, 1.807) is 0 Å². The number of rotatable bonds is 0. The second-order valence-corrected chi connectivity index (χ2v) is 4.18. The van der Waals surface area contributed by atoms with Crippen molar-refractivity contribution in [1.29, 1.82) is 0 Å². The number of nitrogens with zero attached hydrogens (tertiary/aromatic N) is 1. The summed E-state index contributed by atoms with van der Waals surface area (Å²) in [7, 11) is 0. The monoisotopic (exact) mass is 377 g/mol. The summed E-state index contributed by atoms with van der Waals surface area (Å²) in [5.74, 6) is 0. The highest BCUT2D eigenvalue weighted by Gasteiger charge is 2.88. The number of aliphatic imine (C=N–C) groups is 1. The molecule has 130 valence electrons. The van der Waals surface area contributed by atoms with Gasteiger partial charge < -0.3 is 4.74 Å². The van der Waals surface area contributed by atoms with Gasteiger partial charge in [-0.2, -0.15) is 52.7 Å². The normalized spacial score (nSPS) is 22.7. The molecule has 0 aromatic rings. The maximum atomic E-state index is 12.5. The van der Waals surface area contributed by atoms with Crippen LogP contribution in [0.25, 0.3) is 0 Å². The Morgan fingerprint density at radius 2 is 1.00 bits per heavy atom. The molecule has 0 unspecified atom stereocenters. The molecular formula is C7ClF12NO. The van der Waals surface area contributed by atoms with Crippen molar-refractivity contribution in [3.05, 3.63) is 0 Å². The average molecular weight is 378 g/mol. The molecule has 0 radical (unpaired) electrons. The van der Waals surface area contributed by atoms with Crippen LogP contribution in [0.2, 0.25) is 0 Å². The third-order valence-corrected chi connectivity index (χ3v) is 2.76. The summed E-state index contributed by atoms with van der Waals surface area (Å²) >= 11 is 4.39. The fraction of sp³-hybridized carbons (Fsp3) is 0.857. The standard InChI is InChI=1S/C7ClF12NO/c8-1-2(4(9,10)11,5(12,13)14)22-3(21-1,6(15,16)17)7(18,19)20. The Balaban J connectivity index is 3.72. The van der Waals surface area contributed by atoms with Gasteiger partial charge in [0.15, 0.2) is 5.17 Å². The lowest BCUT2D eigenvalue weighted by atomic mass is 10.0. The second kappa shape index (κ2) is 4.55. The van der Waals surface area contributed by atoms with Gasteiger partial charge in [-0.1, -0.05) is 11.6 Å². The van der Waals surface area contributed by atoms with Crippen molar-refractivity contribution in [2.75, 3.05) is 0 Å². The van der Waals surface area contributed by atoms with Crippen LogP contribution in [0.5, 0.6) is 0 Å². The quantitative estimate of drug-likeness (QED) is 0.576. The second-order valence-electron chi connectivity index (χ2n) is 3.82. The lowest BCUT2D eigenvalue weighted by molar-refractivity contribution is -0.437. The minimum absolute atomic E-state index is 1.32. The van der Waals surface area contributed by atoms with Crippen LogP contribution >= 0.6 is 11.6 Å². The Morgan fingerprint density at radius 1 is 0.682 bits per heavy atom. The maximum absolute atomic E-state index is 12.5. The molecule has 0 atom stereocenters. The van der Waals surface area contributed by atoms with Crippen molar-refractivity contribution in [1.82, 2.24) is 0 Å². The van der Waals surface area contributed by atoms with Gasteiger partial charge in [-0.05, 0) is 0 Å². The topological polar surface area (TPSA) is 21.6 Å². The summed E-state index contributed by atoms with van der Waals surface area (Å²) in [6.45, 7) is 0. The van der Waals surface area contributed by atoms with E-state index in [9.17, 15) is 52.7 Å². The average Bonchev–Trinajstić information content (AvgIpc) is 2.49. The molecule has 2 nitrogen and oxygen atoms in total. The summed E-state index contributed by atoms with van der Waals surface area (Å²) in [6, 6.07) is 0. The predicted octanol–water partition coefficient (Wildman–Crippen LogP) is 4.34. The Morgan fingerprint density at radius 3 is 1.14 bits per heavy atom. The predicted molar refractivity (Wildman–Crippen MR) is 44.1 cm³/mol. The van der Waals surface area contributed by atoms with Gasteiger partial charge in [0.1, 0.15) is 0 Å². The molecule has 0 aromatic heterocycles. The van der Waals surface area contributed by atoms with Gasteiger partial charge in [-0.25, -0.2) is 4.99 Å². The van der Waals surface area contributed by atoms with Crippen LogP contribution < -0.4 is 0 Å². The third kappa shape index (κ3) is 2.30. The molecule has 1 rings (SSSR count). The number of alkyl halides is 12. The number of halogens is 13. The molecule has 0 saturated carbocycles. The molecule has 0 fully saturated rings. The minimum atomic E-state index is -6.79. The molecule has 0 amide bonds. The van der Waals surface area contributed by atoms with E-state index >= 15 is 0 Å². The van der Waals surface area contributed by atoms with Crippen molar-refractivity contribution in [3.8, 4) is 0 Å². The first-order valence-corrected chi connectivity index (χ1v) is 4.94. The van der Waals surface area contributed by atoms with E-state index < -0.39 is 41.2 Å². The molecule has 0 bridgehead atoms. The van der Waals surface area contributed by atoms with Crippen LogP contribution in [0.15, 0.2) is 4.99 Å². The van der Waals surface area contributed by atoms with Crippen molar-refractivity contribution in [2.45, 2.75) is 36.0 Å². The van der Waals surface area contributed by atoms with E-state index in [1.807, 2.05) is 0 Å². The molecule has 0 aliphatic carbocycles. The van der Waals surface area contributed by atoms with Gasteiger partial charge in [0.05, 0.1) is 0 Å². The molecule has 0 spiro atoms. The molecular weight excluding hydrogens is 378 g/mol. The van der Waals surface area contributed by atoms with Crippen LogP contribution in [0.4, 0.5) is 52.7 Å². The van der Waals surface area contributed by atoms with E-state index in [0.29, 0.717) is 0 Å². The summed E-state index contributed by atoms with van der Waals surface area (Å²) in [6.07, 6.45) is -27.2. The zero-order valence-corrected chi connectivity index (χ0v) is 10.0. The van der Waals surface area contributed by atoms with Crippen molar-refractivity contribution in [2.24, 2.45) is 4.99 Å². The third-order valence-electron chi connectivity index (χ3n) is 2.41. The van der Waals surface area contributed by atoms with Crippen LogP contribution in [0, 0.1) is 0 Å². The molecule has 15 heteroatoms. The number of hydrogen-bond acceptors (Lipinski definition) is 2. The fourth-order valence-electron chi connectivity index (χ4n) is 1.42. The van der Waals surface area contributed by atoms with E-state index in [0.717, 1.165) is 0 Å². The molecule has 1 heterocycles. The van der Waals surface area contributed by atoms with Crippen LogP contribution in [-0.4, -0.2) is 41.2 Å². The molecule has 1 aliphatic rings. The van der Waals surface area contributed by atoms with Gasteiger partial charge >= 0.3 is 36.0 Å². The van der Waals surface area contributed by atoms with Gasteiger partial charge in [0.2, 0.25) is 0 Å². The van der Waals surface area contributed by atoms with E-state index in [4.69, 9.17) is 0 Å². The Hall–Kier alpha value is -0.920. The molecule has 0 N–H and O–H groups in total. The Bertz CT molecular complexity index is 454. The van der Waals surface area contributed by atoms with E-state index in [-0.39, 0.29) is 0 Å². The first-order chi connectivity index (χ1) is 9.33. The molecule has 22 heavy (non-hydrogen) atoms. The number of hydrogen-bond donors (Lipinski definition) is 0. The Kier molecular flexibility index (Phi) is 3.96. The van der Waals surface area contributed by atoms with Gasteiger partial charge in [-0.15, -0.1) is 0 Å². The first kappa shape index (κ1) is 19.1. The summed E-state index contributed by atoms with van der Waals surface area (Å²) in [5, 5.41) is -3.08. The SMILES string of the molecule is FC(F)(F)C1(C(F)(F)F)N=C(Cl)C(C(F)(F)F)(C(F)(F)F)O1. The van der Waals surface area contributed by atoms with Gasteiger partial charge in [0.25, 0.3) is 0 Å². The molecule has 1 aliphatic heterocycles. The fourth-order valence-corrected chi connectivity index (χ4v) is 1.79. The highest BCUT2D eigenvalue weighted by molar-refractivity contribution is 6.68. The number of ether oxygens (including phenoxy) is 1. The van der Waals surface area contributed by atoms with E-state index in [2.05, 4.69) is 16.3 Å². The summed E-state index contributed by atoms with van der Waals surface area (Å²) in [4.78, 5) is 1.32. The van der Waals surface area contributed by atoms with Crippen LogP contribution in [-0.2, 0) is 4.74 Å². The van der Waals surface area contributed by atoms with E-state index in [1.165, 1.54) is 4.99 Å². The lowest BCUT2D eigenvalue weighted by Crippen LogP contribution is -2.66. The van der Waals surface area contributed by atoms with Crippen LogP contribution in [0.1, 0.15) is 0 Å². The zero-order chi connectivity index (χ0) is 18.0. The minimum Gasteiger partial charge on any atom is -0.308 e. The van der Waals surface area contributed by atoms with Crippen molar-refractivity contribution < 1.29 is 57.4 Å². The molecule has 0 saturated heterocycles. The van der Waals surface area contributed by atoms with Crippen LogP contribution in [0.3, 0.4) is 0 Å². The van der Waals surface area contributed by atoms with Gasteiger partial charge in [-0.3, -0.25) is 0 Å². The smallest absolute Gasteiger partial charge is 0.308 e. The highest BCUT2D eigenvalue weighted by atomic mass is 35.5. The maximum Gasteiger partial charge on any atom is 0.448 e.